The molecule has 2 N–H and O–H groups in total. The Morgan fingerprint density at radius 3 is 3.11 bits per heavy atom. The van der Waals surface area contributed by atoms with Crippen LogP contribution < -0.4 is 0 Å². The third kappa shape index (κ3) is 1.70. The average Bonchev–Trinajstić information content (AvgIpc) is 2.92. The predicted octanol–water partition coefficient (Wildman–Crippen LogP) is -1.57. The molecule has 0 aliphatic carbocycles. The Bertz CT molecular complexity index is 508. The topological polar surface area (TPSA) is 107 Å². The average molecular weight is 270 g/mol. The Hall–Kier alpha value is -1.71. The summed E-state index contributed by atoms with van der Waals surface area (Å²) in [5.74, 6) is -3.89. The van der Waals surface area contributed by atoms with Gasteiger partial charge in [-0.3, -0.25) is 9.69 Å². The number of aliphatic hydroxyl groups is 2. The van der Waals surface area contributed by atoms with E-state index in [0.29, 0.717) is 0 Å². The van der Waals surface area contributed by atoms with Crippen LogP contribution in [0.1, 0.15) is 6.42 Å². The zero-order valence-corrected chi connectivity index (χ0v) is 9.68. The summed E-state index contributed by atoms with van der Waals surface area (Å²) in [5, 5.41) is 18.7. The second-order valence-electron chi connectivity index (χ2n) is 4.39. The first-order valence-corrected chi connectivity index (χ1v) is 5.68. The number of carbonyl (C=O) groups excluding carboxylic acids is 1. The smallest absolute Gasteiger partial charge is 0.340 e. The summed E-state index contributed by atoms with van der Waals surface area (Å²) >= 11 is 0. The first-order chi connectivity index (χ1) is 9.06. The Morgan fingerprint density at radius 1 is 1.63 bits per heavy atom. The number of ether oxygens (including phenoxy) is 1. The van der Waals surface area contributed by atoms with Crippen molar-refractivity contribution in [2.24, 2.45) is 15.0 Å². The van der Waals surface area contributed by atoms with E-state index in [2.05, 4.69) is 15.0 Å². The van der Waals surface area contributed by atoms with Crippen LogP contribution in [0.25, 0.3) is 0 Å². The number of halogens is 1. The second kappa shape index (κ2) is 4.15. The molecule has 0 aromatic carbocycles. The molecule has 4 atom stereocenters. The molecular formula is C10H11FN4O4. The maximum Gasteiger partial charge on any atom is 0.340 e. The zero-order chi connectivity index (χ0) is 13.6. The molecule has 102 valence electrons. The third-order valence-corrected chi connectivity index (χ3v) is 3.23. The quantitative estimate of drug-likeness (QED) is 0.590. The highest BCUT2D eigenvalue weighted by atomic mass is 19.1. The lowest BCUT2D eigenvalue weighted by atomic mass is 10.1. The van der Waals surface area contributed by atoms with Gasteiger partial charge in [-0.05, 0) is 0 Å². The van der Waals surface area contributed by atoms with Crippen molar-refractivity contribution in [3.05, 3.63) is 0 Å². The van der Waals surface area contributed by atoms with E-state index < -0.39 is 30.1 Å². The van der Waals surface area contributed by atoms with Crippen LogP contribution in [-0.2, 0) is 9.53 Å². The molecular weight excluding hydrogens is 259 g/mol. The Morgan fingerprint density at radius 2 is 2.42 bits per heavy atom. The molecule has 3 aliphatic rings. The molecule has 3 aliphatic heterocycles. The van der Waals surface area contributed by atoms with E-state index in [4.69, 9.17) is 9.84 Å². The van der Waals surface area contributed by atoms with Crippen LogP contribution in [0.3, 0.4) is 0 Å². The minimum absolute atomic E-state index is 0.150. The van der Waals surface area contributed by atoms with E-state index in [-0.39, 0.29) is 18.9 Å². The van der Waals surface area contributed by atoms with Gasteiger partial charge in [0.15, 0.2) is 5.84 Å². The molecule has 1 fully saturated rings. The maximum absolute atomic E-state index is 14.3. The maximum atomic E-state index is 14.3. The Balaban J connectivity index is 1.85. The van der Waals surface area contributed by atoms with Gasteiger partial charge in [0.2, 0.25) is 0 Å². The molecule has 9 heteroatoms. The van der Waals surface area contributed by atoms with Crippen molar-refractivity contribution in [2.45, 2.75) is 30.6 Å². The van der Waals surface area contributed by atoms with Gasteiger partial charge in [0.25, 0.3) is 0 Å². The van der Waals surface area contributed by atoms with Crippen LogP contribution in [0.2, 0.25) is 0 Å². The second-order valence-corrected chi connectivity index (χ2v) is 4.39. The van der Waals surface area contributed by atoms with Crippen molar-refractivity contribution in [3.63, 3.8) is 0 Å². The molecule has 1 unspecified atom stereocenters. The Kier molecular flexibility index (Phi) is 2.69. The van der Waals surface area contributed by atoms with Crippen LogP contribution in [0.4, 0.5) is 4.39 Å². The molecule has 0 radical (unpaired) electrons. The summed E-state index contributed by atoms with van der Waals surface area (Å²) in [7, 11) is 0. The van der Waals surface area contributed by atoms with Crippen LogP contribution >= 0.6 is 0 Å². The van der Waals surface area contributed by atoms with Crippen LogP contribution in [0, 0.1) is 0 Å². The lowest BCUT2D eigenvalue weighted by molar-refractivity contribution is -0.125. The summed E-state index contributed by atoms with van der Waals surface area (Å²) in [6, 6.07) is 0. The van der Waals surface area contributed by atoms with E-state index in [9.17, 15) is 14.3 Å². The van der Waals surface area contributed by atoms with Gasteiger partial charge in [0.1, 0.15) is 18.7 Å². The highest BCUT2D eigenvalue weighted by Crippen LogP contribution is 2.32. The van der Waals surface area contributed by atoms with Crippen LogP contribution in [-0.4, -0.2) is 70.4 Å². The number of amides is 1. The van der Waals surface area contributed by atoms with Gasteiger partial charge in [-0.1, -0.05) is 0 Å². The molecule has 8 nitrogen and oxygen atoms in total. The van der Waals surface area contributed by atoms with E-state index >= 15 is 0 Å². The molecule has 0 saturated carbocycles. The first kappa shape index (κ1) is 12.3. The monoisotopic (exact) mass is 270 g/mol. The highest BCUT2D eigenvalue weighted by Gasteiger charge is 2.54. The molecule has 0 spiro atoms. The minimum atomic E-state index is -2.61. The van der Waals surface area contributed by atoms with Gasteiger partial charge in [-0.25, -0.2) is 9.98 Å². The van der Waals surface area contributed by atoms with Gasteiger partial charge in [-0.15, -0.1) is 0 Å². The normalized spacial score (nSPS) is 40.8. The van der Waals surface area contributed by atoms with Crippen molar-refractivity contribution in [1.29, 1.82) is 0 Å². The first-order valence-electron chi connectivity index (χ1n) is 5.68. The summed E-state index contributed by atoms with van der Waals surface area (Å²) < 4.78 is 19.7. The number of fused-ring (bicyclic) bond motifs is 1. The van der Waals surface area contributed by atoms with Crippen molar-refractivity contribution >= 4 is 24.4 Å². The number of aliphatic hydroxyl groups excluding tert-OH is 2. The summed E-state index contributed by atoms with van der Waals surface area (Å²) in [6.45, 7) is -0.351. The van der Waals surface area contributed by atoms with E-state index in [1.165, 1.54) is 4.90 Å². The number of aliphatic imine (C=N–C) groups is 3. The summed E-state index contributed by atoms with van der Waals surface area (Å²) in [4.78, 5) is 23.1. The number of amidine groups is 1. The molecule has 0 aromatic rings. The standard InChI is InChI=1S/C10H11FN4O4/c11-10-8(12-3-13-9(10)18)15(4-14-10)7-1-5(17)6(2-16)19-7/h3-7,16-17H,1-2H2/t5-,6+,7+,10?/m0/s1. The third-order valence-electron chi connectivity index (χ3n) is 3.23. The zero-order valence-electron chi connectivity index (χ0n) is 9.68. The lowest BCUT2D eigenvalue weighted by Crippen LogP contribution is -2.48. The van der Waals surface area contributed by atoms with Crippen molar-refractivity contribution in [3.8, 4) is 0 Å². The molecule has 0 bridgehead atoms. The van der Waals surface area contributed by atoms with E-state index in [1.54, 1.807) is 0 Å². The summed E-state index contributed by atoms with van der Waals surface area (Å²) in [5.41, 5.74) is 0. The minimum Gasteiger partial charge on any atom is -0.394 e. The molecule has 3 rings (SSSR count). The van der Waals surface area contributed by atoms with Gasteiger partial charge in [0, 0.05) is 6.42 Å². The SMILES string of the molecule is O=C1N=CN=C2N([C@H]3C[C@H](O)[C@@H](CO)O3)C=NC12F. The number of hydrogen-bond donors (Lipinski definition) is 2. The predicted molar refractivity (Wildman–Crippen MR) is 61.5 cm³/mol. The fourth-order valence-corrected chi connectivity index (χ4v) is 2.21. The highest BCUT2D eigenvalue weighted by molar-refractivity contribution is 6.22. The summed E-state index contributed by atoms with van der Waals surface area (Å²) in [6.07, 6.45) is -0.147. The molecule has 3 heterocycles. The Labute approximate surface area is 106 Å². The number of nitrogens with zero attached hydrogens (tertiary/aromatic N) is 4. The largest absolute Gasteiger partial charge is 0.394 e. The molecule has 0 aromatic heterocycles. The van der Waals surface area contributed by atoms with Crippen LogP contribution in [0.15, 0.2) is 15.0 Å². The van der Waals surface area contributed by atoms with Gasteiger partial charge in [0.05, 0.1) is 19.0 Å². The van der Waals surface area contributed by atoms with Gasteiger partial charge in [-0.2, -0.15) is 9.38 Å². The van der Waals surface area contributed by atoms with Gasteiger partial charge < -0.3 is 14.9 Å². The van der Waals surface area contributed by atoms with Crippen LogP contribution in [0.5, 0.6) is 0 Å². The molecule has 1 amide bonds. The van der Waals surface area contributed by atoms with Crippen molar-refractivity contribution in [1.82, 2.24) is 4.90 Å². The van der Waals surface area contributed by atoms with Crippen molar-refractivity contribution in [2.75, 3.05) is 6.61 Å². The fourth-order valence-electron chi connectivity index (χ4n) is 2.21. The number of alkyl halides is 1. The fraction of sp³-hybridized carbons (Fsp3) is 0.600. The molecule has 19 heavy (non-hydrogen) atoms. The number of hydrogen-bond acceptors (Lipinski definition) is 7. The van der Waals surface area contributed by atoms with E-state index in [0.717, 1.165) is 12.7 Å². The number of rotatable bonds is 2. The van der Waals surface area contributed by atoms with Crippen molar-refractivity contribution < 1.29 is 24.1 Å². The van der Waals surface area contributed by atoms with E-state index in [1.807, 2.05) is 0 Å². The lowest BCUT2D eigenvalue weighted by Gasteiger charge is -2.26. The molecule has 1 saturated heterocycles. The number of carbonyl (C=O) groups is 1. The van der Waals surface area contributed by atoms with Gasteiger partial charge >= 0.3 is 11.7 Å².